The third kappa shape index (κ3) is 3.18. The minimum atomic E-state index is -0.0000768. The molecule has 0 amide bonds. The number of aryl methyl sites for hydroxylation is 1. The minimum Gasteiger partial charge on any atom is -0.383 e. The van der Waals surface area contributed by atoms with E-state index in [0.29, 0.717) is 28.0 Å². The van der Waals surface area contributed by atoms with Crippen molar-refractivity contribution in [2.75, 3.05) is 5.73 Å². The van der Waals surface area contributed by atoms with Crippen LogP contribution >= 0.6 is 15.9 Å². The summed E-state index contributed by atoms with van der Waals surface area (Å²) in [4.78, 5) is 22.2. The van der Waals surface area contributed by atoms with Crippen LogP contribution in [0.15, 0.2) is 46.1 Å². The Morgan fingerprint density at radius 3 is 2.81 bits per heavy atom. The van der Waals surface area contributed by atoms with Crippen LogP contribution in [0.1, 0.15) is 31.0 Å². The molecule has 0 saturated heterocycles. The van der Waals surface area contributed by atoms with Crippen LogP contribution in [-0.2, 0) is 6.54 Å². The Morgan fingerprint density at radius 2 is 2.00 bits per heavy atom. The summed E-state index contributed by atoms with van der Waals surface area (Å²) in [6, 6.07) is 10.0. The third-order valence-corrected chi connectivity index (χ3v) is 6.36. The molecule has 156 valence electrons. The molecule has 3 heterocycles. The van der Waals surface area contributed by atoms with E-state index >= 15 is 0 Å². The molecular formula is C23H21BrN6O. The fourth-order valence-electron chi connectivity index (χ4n) is 4.29. The van der Waals surface area contributed by atoms with E-state index in [-0.39, 0.29) is 5.56 Å². The number of anilines is 1. The number of hydrogen-bond acceptors (Lipinski definition) is 5. The molecule has 2 N–H and O–H groups in total. The van der Waals surface area contributed by atoms with E-state index in [1.54, 1.807) is 4.68 Å². The van der Waals surface area contributed by atoms with E-state index in [9.17, 15) is 4.79 Å². The summed E-state index contributed by atoms with van der Waals surface area (Å²) in [6.45, 7) is 4.43. The Hall–Kier alpha value is -3.26. The number of aromatic nitrogens is 5. The minimum absolute atomic E-state index is 0.0000768. The Bertz CT molecular complexity index is 1530. The van der Waals surface area contributed by atoms with Crippen molar-refractivity contribution in [1.29, 1.82) is 0 Å². The van der Waals surface area contributed by atoms with Gasteiger partial charge in [-0.3, -0.25) is 9.36 Å². The zero-order valence-corrected chi connectivity index (χ0v) is 18.8. The van der Waals surface area contributed by atoms with Gasteiger partial charge in [0.15, 0.2) is 5.65 Å². The van der Waals surface area contributed by atoms with Crippen LogP contribution in [0.5, 0.6) is 0 Å². The Kier molecular flexibility index (Phi) is 4.74. The molecule has 1 aromatic carbocycles. The fourth-order valence-corrected chi connectivity index (χ4v) is 4.86. The van der Waals surface area contributed by atoms with Crippen molar-refractivity contribution < 1.29 is 0 Å². The van der Waals surface area contributed by atoms with E-state index in [1.165, 1.54) is 6.33 Å². The number of nitrogens with two attached hydrogens (primary N) is 1. The summed E-state index contributed by atoms with van der Waals surface area (Å²) in [6.07, 6.45) is 5.41. The van der Waals surface area contributed by atoms with Gasteiger partial charge in [0, 0.05) is 10.9 Å². The molecule has 0 fully saturated rings. The molecule has 0 atom stereocenters. The number of hydrogen-bond donors (Lipinski definition) is 1. The number of benzene rings is 1. The zero-order valence-electron chi connectivity index (χ0n) is 17.3. The van der Waals surface area contributed by atoms with Crippen molar-refractivity contribution in [3.05, 3.63) is 73.3 Å². The number of nitrogen functional groups attached to an aromatic ring is 1. The van der Waals surface area contributed by atoms with Gasteiger partial charge in [-0.25, -0.2) is 14.6 Å². The van der Waals surface area contributed by atoms with Gasteiger partial charge in [-0.2, -0.15) is 5.10 Å². The standard InChI is InChI=1S/C23H21BrN6O/c1-13-6-3-4-9-17(13)30-16(10-15-8-5-7-14(2)18(15)23(30)31)11-29-22-19(20(24)28-29)21(25)26-12-27-22/h3-4,6,8-10,12H,5,7,11H2,1-2H3,(H2,25,26,27). The maximum Gasteiger partial charge on any atom is 0.263 e. The molecule has 0 unspecified atom stereocenters. The van der Waals surface area contributed by atoms with Crippen molar-refractivity contribution in [1.82, 2.24) is 24.3 Å². The molecule has 0 saturated carbocycles. The van der Waals surface area contributed by atoms with Gasteiger partial charge in [-0.15, -0.1) is 0 Å². The van der Waals surface area contributed by atoms with Gasteiger partial charge in [-0.1, -0.05) is 29.8 Å². The first kappa shape index (κ1) is 19.7. The number of fused-ring (bicyclic) bond motifs is 2. The summed E-state index contributed by atoms with van der Waals surface area (Å²) >= 11 is 3.47. The molecule has 0 spiro atoms. The molecule has 8 heteroatoms. The Labute approximate surface area is 186 Å². The lowest BCUT2D eigenvalue weighted by Crippen LogP contribution is -2.48. The lowest BCUT2D eigenvalue weighted by Gasteiger charge is -2.18. The summed E-state index contributed by atoms with van der Waals surface area (Å²) in [5.74, 6) is 0.364. The Morgan fingerprint density at radius 1 is 1.19 bits per heavy atom. The zero-order chi connectivity index (χ0) is 21.7. The van der Waals surface area contributed by atoms with E-state index in [1.807, 2.05) is 42.7 Å². The summed E-state index contributed by atoms with van der Waals surface area (Å²) in [5.41, 5.74) is 10.5. The molecule has 0 radical (unpaired) electrons. The van der Waals surface area contributed by atoms with Crippen molar-refractivity contribution >= 4 is 44.4 Å². The highest BCUT2D eigenvalue weighted by Crippen LogP contribution is 2.26. The Balaban J connectivity index is 1.82. The van der Waals surface area contributed by atoms with Crippen LogP contribution in [0.4, 0.5) is 5.82 Å². The maximum atomic E-state index is 13.7. The highest BCUT2D eigenvalue weighted by Gasteiger charge is 2.18. The number of para-hydroxylation sites is 1. The molecule has 0 bridgehead atoms. The van der Waals surface area contributed by atoms with Gasteiger partial charge < -0.3 is 5.73 Å². The van der Waals surface area contributed by atoms with Crippen molar-refractivity contribution in [2.45, 2.75) is 33.2 Å². The molecule has 7 nitrogen and oxygen atoms in total. The molecule has 31 heavy (non-hydrogen) atoms. The highest BCUT2D eigenvalue weighted by molar-refractivity contribution is 9.10. The summed E-state index contributed by atoms with van der Waals surface area (Å²) < 4.78 is 4.15. The number of pyridine rings is 1. The van der Waals surface area contributed by atoms with Gasteiger partial charge >= 0.3 is 0 Å². The lowest BCUT2D eigenvalue weighted by molar-refractivity contribution is 0.660. The van der Waals surface area contributed by atoms with Crippen molar-refractivity contribution in [3.63, 3.8) is 0 Å². The first-order valence-electron chi connectivity index (χ1n) is 10.1. The van der Waals surface area contributed by atoms with Crippen LogP contribution in [0.3, 0.4) is 0 Å². The average molecular weight is 477 g/mol. The predicted molar refractivity (Wildman–Crippen MR) is 125 cm³/mol. The molecule has 0 aliphatic heterocycles. The largest absolute Gasteiger partial charge is 0.383 e. The molecule has 1 aliphatic rings. The van der Waals surface area contributed by atoms with E-state index in [2.05, 4.69) is 43.1 Å². The van der Waals surface area contributed by atoms with Crippen LogP contribution in [0.2, 0.25) is 0 Å². The first-order valence-corrected chi connectivity index (χ1v) is 10.9. The number of nitrogens with zero attached hydrogens (tertiary/aromatic N) is 5. The van der Waals surface area contributed by atoms with Crippen LogP contribution < -0.4 is 21.7 Å². The predicted octanol–water partition coefficient (Wildman–Crippen LogP) is 2.42. The normalized spacial score (nSPS) is 13.3. The monoisotopic (exact) mass is 476 g/mol. The topological polar surface area (TPSA) is 91.6 Å². The molecule has 4 aromatic rings. The van der Waals surface area contributed by atoms with Crippen molar-refractivity contribution in [3.8, 4) is 5.69 Å². The van der Waals surface area contributed by atoms with E-state index in [0.717, 1.165) is 45.8 Å². The third-order valence-electron chi connectivity index (χ3n) is 5.81. The first-order chi connectivity index (χ1) is 15.0. The number of rotatable bonds is 3. The van der Waals surface area contributed by atoms with Crippen LogP contribution in [0, 0.1) is 6.92 Å². The van der Waals surface area contributed by atoms with Crippen LogP contribution in [0.25, 0.3) is 28.4 Å². The number of halogens is 1. The van der Waals surface area contributed by atoms with Gasteiger partial charge in [0.1, 0.15) is 16.7 Å². The average Bonchev–Trinajstić information content (AvgIpc) is 3.05. The molecular weight excluding hydrogens is 456 g/mol. The van der Waals surface area contributed by atoms with Gasteiger partial charge in [0.25, 0.3) is 5.56 Å². The van der Waals surface area contributed by atoms with Crippen molar-refractivity contribution in [2.24, 2.45) is 0 Å². The van der Waals surface area contributed by atoms with Gasteiger partial charge in [0.2, 0.25) is 0 Å². The van der Waals surface area contributed by atoms with E-state index < -0.39 is 0 Å². The second-order valence-corrected chi connectivity index (χ2v) is 8.57. The second-order valence-electron chi connectivity index (χ2n) is 7.82. The molecule has 3 aromatic heterocycles. The van der Waals surface area contributed by atoms with E-state index in [4.69, 9.17) is 5.73 Å². The summed E-state index contributed by atoms with van der Waals surface area (Å²) in [7, 11) is 0. The smallest absolute Gasteiger partial charge is 0.263 e. The maximum absolute atomic E-state index is 13.7. The SMILES string of the molecule is CC1=c2c(cc(Cn3nc(Br)c4c(N)ncnc43)n(-c3ccccc3C)c2=O)=CCC1. The highest BCUT2D eigenvalue weighted by atomic mass is 79.9. The second kappa shape index (κ2) is 7.46. The lowest BCUT2D eigenvalue weighted by atomic mass is 10.0. The van der Waals surface area contributed by atoms with Gasteiger partial charge in [-0.05, 0) is 65.5 Å². The van der Waals surface area contributed by atoms with Gasteiger partial charge in [0.05, 0.1) is 17.6 Å². The molecule has 1 aliphatic carbocycles. The molecule has 5 rings (SSSR count). The van der Waals surface area contributed by atoms with Crippen LogP contribution in [-0.4, -0.2) is 24.3 Å². The fraction of sp³-hybridized carbons (Fsp3) is 0.217. The quantitative estimate of drug-likeness (QED) is 0.490. The summed E-state index contributed by atoms with van der Waals surface area (Å²) in [5, 5.41) is 7.03.